The van der Waals surface area contributed by atoms with Gasteiger partial charge < -0.3 is 5.41 Å². The molecule has 0 bridgehead atoms. The van der Waals surface area contributed by atoms with Crippen LogP contribution in [0.5, 0.6) is 0 Å². The highest BCUT2D eigenvalue weighted by Gasteiger charge is 2.10. The molecule has 0 aliphatic carbocycles. The van der Waals surface area contributed by atoms with Crippen LogP contribution in [-0.2, 0) is 0 Å². The quantitative estimate of drug-likeness (QED) is 0.783. The summed E-state index contributed by atoms with van der Waals surface area (Å²) in [6, 6.07) is 2.11. The van der Waals surface area contributed by atoms with Crippen molar-refractivity contribution < 1.29 is 0 Å². The maximum Gasteiger partial charge on any atom is 0.0450 e. The van der Waals surface area contributed by atoms with Crippen molar-refractivity contribution in [3.8, 4) is 0 Å². The van der Waals surface area contributed by atoms with Crippen LogP contribution in [0.15, 0.2) is 24.3 Å². The van der Waals surface area contributed by atoms with Gasteiger partial charge in [0.05, 0.1) is 0 Å². The molecule has 0 aliphatic heterocycles. The first-order valence-corrected chi connectivity index (χ1v) is 6.60. The van der Waals surface area contributed by atoms with E-state index in [0.717, 1.165) is 11.4 Å². The van der Waals surface area contributed by atoms with E-state index in [2.05, 4.69) is 50.0 Å². The van der Waals surface area contributed by atoms with Crippen LogP contribution < -0.4 is 0 Å². The van der Waals surface area contributed by atoms with Crippen LogP contribution in [0.3, 0.4) is 0 Å². The van der Waals surface area contributed by atoms with Gasteiger partial charge in [-0.05, 0) is 51.0 Å². The van der Waals surface area contributed by atoms with Gasteiger partial charge in [-0.2, -0.15) is 0 Å². The highest BCUT2D eigenvalue weighted by molar-refractivity contribution is 5.90. The summed E-state index contributed by atoms with van der Waals surface area (Å²) in [5.74, 6) is 0. The molecule has 102 valence electrons. The van der Waals surface area contributed by atoms with Crippen molar-refractivity contribution in [2.24, 2.45) is 5.41 Å². The average molecular weight is 256 g/mol. The molecule has 1 N–H and O–H groups in total. The molecule has 1 aromatic heterocycles. The summed E-state index contributed by atoms with van der Waals surface area (Å²) in [5.41, 5.74) is 5.09. The lowest BCUT2D eigenvalue weighted by atomic mass is 9.90. The van der Waals surface area contributed by atoms with Crippen molar-refractivity contribution in [1.29, 1.82) is 5.41 Å². The van der Waals surface area contributed by atoms with Crippen molar-refractivity contribution in [1.82, 2.24) is 4.98 Å². The van der Waals surface area contributed by atoms with Gasteiger partial charge in [0.25, 0.3) is 0 Å². The molecular weight excluding hydrogens is 232 g/mol. The monoisotopic (exact) mass is 256 g/mol. The van der Waals surface area contributed by atoms with Crippen LogP contribution in [0.1, 0.15) is 43.3 Å². The lowest BCUT2D eigenvalue weighted by Crippen LogP contribution is -2.03. The van der Waals surface area contributed by atoms with Gasteiger partial charge in [0.15, 0.2) is 0 Å². The van der Waals surface area contributed by atoms with Crippen molar-refractivity contribution >= 4 is 11.8 Å². The second-order valence-corrected chi connectivity index (χ2v) is 5.75. The topological polar surface area (TPSA) is 36.7 Å². The van der Waals surface area contributed by atoms with E-state index in [1.165, 1.54) is 11.1 Å². The molecule has 0 unspecified atom stereocenters. The second kappa shape index (κ2) is 5.96. The second-order valence-electron chi connectivity index (χ2n) is 5.75. The summed E-state index contributed by atoms with van der Waals surface area (Å²) in [4.78, 5) is 4.51. The van der Waals surface area contributed by atoms with Crippen LogP contribution in [-0.4, -0.2) is 10.7 Å². The Balaban J connectivity index is 3.02. The Kier molecular flexibility index (Phi) is 4.82. The Hall–Kier alpha value is -1.70. The number of allylic oxidation sites excluding steroid dienone is 3. The summed E-state index contributed by atoms with van der Waals surface area (Å²) in [6.45, 7) is 12.2. The zero-order valence-electron chi connectivity index (χ0n) is 12.8. The summed E-state index contributed by atoms with van der Waals surface area (Å²) in [5, 5.41) is 7.44. The number of rotatable bonds is 4. The van der Waals surface area contributed by atoms with E-state index in [1.807, 2.05) is 19.9 Å². The predicted octanol–water partition coefficient (Wildman–Crippen LogP) is 4.64. The van der Waals surface area contributed by atoms with Gasteiger partial charge in [0.2, 0.25) is 0 Å². The Morgan fingerprint density at radius 3 is 2.37 bits per heavy atom. The minimum atomic E-state index is -0.0634. The highest BCUT2D eigenvalue weighted by Crippen LogP contribution is 2.23. The smallest absolute Gasteiger partial charge is 0.0450 e. The molecule has 0 radical (unpaired) electrons. The number of pyridine rings is 1. The minimum absolute atomic E-state index is 0.0634. The first-order valence-electron chi connectivity index (χ1n) is 6.60. The number of hydrogen-bond donors (Lipinski definition) is 1. The highest BCUT2D eigenvalue weighted by atomic mass is 14.7. The number of hydrogen-bond acceptors (Lipinski definition) is 2. The number of nitrogens with one attached hydrogen (secondary N) is 1. The summed E-state index contributed by atoms with van der Waals surface area (Å²) >= 11 is 0. The third kappa shape index (κ3) is 4.82. The maximum atomic E-state index is 7.44. The number of aromatic nitrogens is 1. The van der Waals surface area contributed by atoms with Crippen LogP contribution in [0.25, 0.3) is 6.08 Å². The van der Waals surface area contributed by atoms with E-state index in [1.54, 1.807) is 6.92 Å². The van der Waals surface area contributed by atoms with Gasteiger partial charge >= 0.3 is 0 Å². The molecule has 1 aromatic rings. The number of aryl methyl sites for hydroxylation is 3. The zero-order chi connectivity index (χ0) is 14.6. The molecule has 2 heteroatoms. The van der Waals surface area contributed by atoms with E-state index in [9.17, 15) is 0 Å². The standard InChI is InChI=1S/C17H24N2/c1-12-11-14(3)19-15(4)16(12)8-10-17(5,6)9-7-13(2)18/h7-11,18H,1-6H3/b9-7-,10-8-,18-13?. The SMILES string of the molecule is CC(=N)/C=C\C(C)(C)/C=C\c1c(C)cc(C)nc1C. The van der Waals surface area contributed by atoms with Gasteiger partial charge in [-0.25, -0.2) is 0 Å². The van der Waals surface area contributed by atoms with Crippen molar-refractivity contribution in [2.45, 2.75) is 41.5 Å². The number of nitrogens with zero attached hydrogens (tertiary/aromatic N) is 1. The molecule has 1 heterocycles. The van der Waals surface area contributed by atoms with Gasteiger partial charge in [0.1, 0.15) is 0 Å². The average Bonchev–Trinajstić information content (AvgIpc) is 2.25. The molecule has 0 fully saturated rings. The van der Waals surface area contributed by atoms with Gasteiger partial charge in [-0.15, -0.1) is 0 Å². The molecular formula is C17H24N2. The minimum Gasteiger partial charge on any atom is -0.306 e. The molecule has 0 saturated carbocycles. The first kappa shape index (κ1) is 15.4. The lowest BCUT2D eigenvalue weighted by Gasteiger charge is -2.15. The van der Waals surface area contributed by atoms with Gasteiger partial charge in [-0.1, -0.05) is 32.1 Å². The summed E-state index contributed by atoms with van der Waals surface area (Å²) < 4.78 is 0. The fourth-order valence-corrected chi connectivity index (χ4v) is 1.98. The molecule has 0 atom stereocenters. The zero-order valence-corrected chi connectivity index (χ0v) is 12.8. The maximum absolute atomic E-state index is 7.44. The van der Waals surface area contributed by atoms with E-state index in [-0.39, 0.29) is 5.41 Å². The van der Waals surface area contributed by atoms with Crippen molar-refractivity contribution in [3.63, 3.8) is 0 Å². The normalized spacial score (nSPS) is 12.5. The predicted molar refractivity (Wildman–Crippen MR) is 83.8 cm³/mol. The third-order valence-corrected chi connectivity index (χ3v) is 3.03. The van der Waals surface area contributed by atoms with Crippen LogP contribution in [0.4, 0.5) is 0 Å². The summed E-state index contributed by atoms with van der Waals surface area (Å²) in [6.07, 6.45) is 8.20. The first-order chi connectivity index (χ1) is 8.71. The third-order valence-electron chi connectivity index (χ3n) is 3.03. The van der Waals surface area contributed by atoms with E-state index >= 15 is 0 Å². The Morgan fingerprint density at radius 1 is 1.21 bits per heavy atom. The van der Waals surface area contributed by atoms with Gasteiger partial charge in [0, 0.05) is 22.5 Å². The molecule has 0 aliphatic rings. The lowest BCUT2D eigenvalue weighted by molar-refractivity contribution is 0.630. The van der Waals surface area contributed by atoms with Gasteiger partial charge in [-0.3, -0.25) is 4.98 Å². The van der Waals surface area contributed by atoms with Crippen LogP contribution >= 0.6 is 0 Å². The fraction of sp³-hybridized carbons (Fsp3) is 0.412. The summed E-state index contributed by atoms with van der Waals surface area (Å²) in [7, 11) is 0. The van der Waals surface area contributed by atoms with E-state index in [0.29, 0.717) is 5.71 Å². The molecule has 2 nitrogen and oxygen atoms in total. The van der Waals surface area contributed by atoms with Crippen LogP contribution in [0, 0.1) is 31.6 Å². The van der Waals surface area contributed by atoms with Crippen molar-refractivity contribution in [2.75, 3.05) is 0 Å². The molecule has 0 aromatic carbocycles. The Labute approximate surface area is 116 Å². The Bertz CT molecular complexity index is 511. The van der Waals surface area contributed by atoms with E-state index < -0.39 is 0 Å². The fourth-order valence-electron chi connectivity index (χ4n) is 1.98. The molecule has 19 heavy (non-hydrogen) atoms. The largest absolute Gasteiger partial charge is 0.306 e. The molecule has 1 rings (SSSR count). The van der Waals surface area contributed by atoms with Crippen molar-refractivity contribution in [3.05, 3.63) is 46.8 Å². The van der Waals surface area contributed by atoms with Crippen LogP contribution in [0.2, 0.25) is 0 Å². The molecule has 0 spiro atoms. The molecule has 0 amide bonds. The van der Waals surface area contributed by atoms with E-state index in [4.69, 9.17) is 5.41 Å². The Morgan fingerprint density at radius 2 is 1.84 bits per heavy atom. The molecule has 0 saturated heterocycles.